The normalized spacial score (nSPS) is 47.9. The van der Waals surface area contributed by atoms with E-state index in [0.717, 1.165) is 24.0 Å². The summed E-state index contributed by atoms with van der Waals surface area (Å²) < 4.78 is 23.4. The van der Waals surface area contributed by atoms with Crippen molar-refractivity contribution in [1.82, 2.24) is 0 Å². The Morgan fingerprint density at radius 3 is 2.64 bits per heavy atom. The highest BCUT2D eigenvalue weighted by atomic mass is 16.6. The third-order valence-corrected chi connectivity index (χ3v) is 9.96. The lowest BCUT2D eigenvalue weighted by Crippen LogP contribution is -2.67. The first-order valence-corrected chi connectivity index (χ1v) is 12.0. The molecule has 1 spiro atoms. The molecule has 178 valence electrons. The van der Waals surface area contributed by atoms with Gasteiger partial charge in [-0.1, -0.05) is 13.8 Å². The van der Waals surface area contributed by atoms with E-state index in [2.05, 4.69) is 27.7 Å². The van der Waals surface area contributed by atoms with E-state index < -0.39 is 34.6 Å². The van der Waals surface area contributed by atoms with Crippen LogP contribution in [0.15, 0.2) is 34.7 Å². The minimum Gasteiger partial charge on any atom is -0.472 e. The lowest BCUT2D eigenvalue weighted by atomic mass is 9.39. The lowest BCUT2D eigenvalue weighted by molar-refractivity contribution is -0.208. The van der Waals surface area contributed by atoms with Crippen molar-refractivity contribution in [3.8, 4) is 0 Å². The van der Waals surface area contributed by atoms with Gasteiger partial charge < -0.3 is 23.7 Å². The zero-order valence-corrected chi connectivity index (χ0v) is 19.6. The minimum absolute atomic E-state index is 0.00819. The Hall–Kier alpha value is -2.12. The van der Waals surface area contributed by atoms with Crippen molar-refractivity contribution in [1.29, 1.82) is 0 Å². The second-order valence-corrected chi connectivity index (χ2v) is 11.7. The monoisotopic (exact) mass is 456 g/mol. The molecule has 4 heterocycles. The smallest absolute Gasteiger partial charge is 0.331 e. The molecule has 2 saturated heterocycles. The van der Waals surface area contributed by atoms with Crippen LogP contribution in [0.1, 0.15) is 65.0 Å². The molecule has 7 nitrogen and oxygen atoms in total. The number of furan rings is 1. The van der Waals surface area contributed by atoms with Gasteiger partial charge in [-0.25, -0.2) is 4.79 Å². The fourth-order valence-electron chi connectivity index (χ4n) is 8.58. The van der Waals surface area contributed by atoms with Crippen LogP contribution in [0.3, 0.4) is 0 Å². The predicted molar refractivity (Wildman–Crippen MR) is 116 cm³/mol. The summed E-state index contributed by atoms with van der Waals surface area (Å²) in [5, 5.41) is 11.8. The van der Waals surface area contributed by atoms with Gasteiger partial charge in [0.2, 0.25) is 0 Å². The Morgan fingerprint density at radius 2 is 1.91 bits per heavy atom. The van der Waals surface area contributed by atoms with Crippen molar-refractivity contribution in [3.63, 3.8) is 0 Å². The molecule has 5 aliphatic rings. The molecule has 1 aromatic heterocycles. The molecule has 0 amide bonds. The molecule has 0 radical (unpaired) electrons. The van der Waals surface area contributed by atoms with E-state index >= 15 is 0 Å². The van der Waals surface area contributed by atoms with Crippen molar-refractivity contribution in [3.05, 3.63) is 35.8 Å². The van der Waals surface area contributed by atoms with Gasteiger partial charge in [0.05, 0.1) is 36.8 Å². The average Bonchev–Trinajstić information content (AvgIpc) is 3.34. The quantitative estimate of drug-likeness (QED) is 0.644. The second-order valence-electron chi connectivity index (χ2n) is 11.7. The number of hydrogen-bond donors (Lipinski definition) is 1. The number of ether oxygens (including phenoxy) is 3. The summed E-state index contributed by atoms with van der Waals surface area (Å²) in [5.41, 5.74) is -0.231. The maximum atomic E-state index is 12.8. The molecule has 33 heavy (non-hydrogen) atoms. The van der Waals surface area contributed by atoms with Gasteiger partial charge in [-0.15, -0.1) is 0 Å². The molecule has 1 N–H and O–H groups in total. The molecule has 0 aromatic carbocycles. The van der Waals surface area contributed by atoms with Crippen LogP contribution < -0.4 is 0 Å². The molecule has 4 fully saturated rings. The fraction of sp³-hybridized carbons (Fsp3) is 0.692. The zero-order valence-electron chi connectivity index (χ0n) is 19.6. The lowest BCUT2D eigenvalue weighted by Gasteiger charge is -2.65. The van der Waals surface area contributed by atoms with Gasteiger partial charge in [-0.2, -0.15) is 0 Å². The summed E-state index contributed by atoms with van der Waals surface area (Å²) >= 11 is 0. The van der Waals surface area contributed by atoms with Crippen LogP contribution in [0.25, 0.3) is 0 Å². The van der Waals surface area contributed by atoms with Crippen LogP contribution in [0.5, 0.6) is 0 Å². The number of aliphatic hydroxyl groups is 1. The van der Waals surface area contributed by atoms with E-state index in [4.69, 9.17) is 18.6 Å². The van der Waals surface area contributed by atoms with Crippen LogP contribution in [0.4, 0.5) is 0 Å². The van der Waals surface area contributed by atoms with E-state index in [9.17, 15) is 14.7 Å². The molecule has 8 atom stereocenters. The molecule has 0 unspecified atom stereocenters. The second kappa shape index (κ2) is 6.51. The van der Waals surface area contributed by atoms with Gasteiger partial charge >= 0.3 is 11.9 Å². The third kappa shape index (κ3) is 2.53. The first kappa shape index (κ1) is 21.4. The van der Waals surface area contributed by atoms with Crippen molar-refractivity contribution >= 4 is 11.9 Å². The highest BCUT2D eigenvalue weighted by molar-refractivity contribution is 5.85. The number of fused-ring (bicyclic) bond motifs is 3. The Labute approximate surface area is 193 Å². The Balaban J connectivity index is 1.51. The standard InChI is InChI=1S/C26H32O7/c1-23(2)16-9-18(27)25(4)15(26(16)13-31-20(28)11-19(26)33-23)5-7-24(3)17(25)10-21(29)32-22(24)14-6-8-30-12-14/h6,8,10,12,15-16,18-19,22,27H,5,7,9,11,13H2,1-4H3/t15-,16-,18+,19-,22-,24+,25+,26+/m0/s1. The van der Waals surface area contributed by atoms with Crippen molar-refractivity contribution in [2.75, 3.05) is 6.61 Å². The molecule has 2 aliphatic carbocycles. The molecule has 2 saturated carbocycles. The van der Waals surface area contributed by atoms with E-state index in [0.29, 0.717) is 13.0 Å². The molecular weight excluding hydrogens is 424 g/mol. The van der Waals surface area contributed by atoms with E-state index in [-0.39, 0.29) is 35.7 Å². The van der Waals surface area contributed by atoms with Crippen LogP contribution in [0.2, 0.25) is 0 Å². The van der Waals surface area contributed by atoms with Crippen LogP contribution in [0, 0.1) is 28.1 Å². The maximum Gasteiger partial charge on any atom is 0.331 e. The predicted octanol–water partition coefficient (Wildman–Crippen LogP) is 3.72. The SMILES string of the molecule is CC1(C)O[C@H]2CC(=O)OC[C@@]23[C@H]1C[C@@H](O)[C@@]1(C)C2=CC(=O)O[C@@H](c4ccoc4)[C@]2(C)CC[C@@H]13. The van der Waals surface area contributed by atoms with Crippen molar-refractivity contribution < 1.29 is 33.3 Å². The number of esters is 2. The first-order chi connectivity index (χ1) is 15.5. The molecular formula is C26H32O7. The molecule has 7 heteroatoms. The summed E-state index contributed by atoms with van der Waals surface area (Å²) in [5.74, 6) is -0.553. The molecule has 6 rings (SSSR count). The van der Waals surface area contributed by atoms with Gasteiger partial charge in [-0.05, 0) is 50.7 Å². The van der Waals surface area contributed by atoms with Gasteiger partial charge in [0.25, 0.3) is 0 Å². The summed E-state index contributed by atoms with van der Waals surface area (Å²) in [6.45, 7) is 8.67. The first-order valence-electron chi connectivity index (χ1n) is 12.0. The van der Waals surface area contributed by atoms with E-state index in [1.54, 1.807) is 18.6 Å². The van der Waals surface area contributed by atoms with Crippen LogP contribution in [-0.2, 0) is 23.8 Å². The largest absolute Gasteiger partial charge is 0.472 e. The summed E-state index contributed by atoms with van der Waals surface area (Å²) in [7, 11) is 0. The van der Waals surface area contributed by atoms with Gasteiger partial charge in [0, 0.05) is 33.8 Å². The summed E-state index contributed by atoms with van der Waals surface area (Å²) in [6.07, 6.45) is 5.84. The van der Waals surface area contributed by atoms with E-state index in [1.165, 1.54) is 0 Å². The fourth-order valence-corrected chi connectivity index (χ4v) is 8.58. The molecule has 0 bridgehead atoms. The summed E-state index contributed by atoms with van der Waals surface area (Å²) in [6, 6.07) is 1.84. The number of hydrogen-bond acceptors (Lipinski definition) is 7. The third-order valence-electron chi connectivity index (χ3n) is 9.96. The highest BCUT2D eigenvalue weighted by Crippen LogP contribution is 2.73. The van der Waals surface area contributed by atoms with Gasteiger partial charge in [0.1, 0.15) is 12.7 Å². The number of carbonyl (C=O) groups excluding carboxylic acids is 2. The molecule has 3 aliphatic heterocycles. The van der Waals surface area contributed by atoms with Gasteiger partial charge in [0.15, 0.2) is 0 Å². The molecule has 1 aromatic rings. The Morgan fingerprint density at radius 1 is 1.12 bits per heavy atom. The zero-order chi connectivity index (χ0) is 23.4. The van der Waals surface area contributed by atoms with Crippen molar-refractivity contribution in [2.45, 2.75) is 77.3 Å². The topological polar surface area (TPSA) is 95.2 Å². The van der Waals surface area contributed by atoms with Gasteiger partial charge in [-0.3, -0.25) is 4.79 Å². The minimum atomic E-state index is -0.670. The maximum absolute atomic E-state index is 12.8. The van der Waals surface area contributed by atoms with E-state index in [1.807, 2.05) is 6.07 Å². The number of aliphatic hydroxyl groups excluding tert-OH is 1. The van der Waals surface area contributed by atoms with Crippen LogP contribution in [-0.4, -0.2) is 41.5 Å². The number of cyclic esters (lactones) is 2. The van der Waals surface area contributed by atoms with Crippen LogP contribution >= 0.6 is 0 Å². The highest BCUT2D eigenvalue weighted by Gasteiger charge is 2.74. The summed E-state index contributed by atoms with van der Waals surface area (Å²) in [4.78, 5) is 25.1. The number of rotatable bonds is 1. The Bertz CT molecular complexity index is 1040. The Kier molecular flexibility index (Phi) is 4.22. The average molecular weight is 457 g/mol. The number of carbonyl (C=O) groups is 2. The van der Waals surface area contributed by atoms with Crippen molar-refractivity contribution in [2.24, 2.45) is 28.1 Å².